The van der Waals surface area contributed by atoms with Crippen LogP contribution in [0.2, 0.25) is 0 Å². The van der Waals surface area contributed by atoms with Gasteiger partial charge in [-0.3, -0.25) is 0 Å². The van der Waals surface area contributed by atoms with Gasteiger partial charge < -0.3 is 0 Å². The molecule has 0 atom stereocenters. The molecule has 1 nitrogen and oxygen atoms in total. The summed E-state index contributed by atoms with van der Waals surface area (Å²) in [6, 6.07) is 4.77. The average Bonchev–Trinajstić information content (AvgIpc) is 2.01. The lowest BCUT2D eigenvalue weighted by Gasteiger charge is -1.98. The lowest BCUT2D eigenvalue weighted by molar-refractivity contribution is 0.612. The molecule has 0 bridgehead atoms. The van der Waals surface area contributed by atoms with Crippen LogP contribution in [0.1, 0.15) is 5.56 Å². The summed E-state index contributed by atoms with van der Waals surface area (Å²) >= 11 is 5.81. The van der Waals surface area contributed by atoms with E-state index in [4.69, 9.17) is 5.26 Å². The van der Waals surface area contributed by atoms with Crippen LogP contribution in [0.4, 0.5) is 4.39 Å². The third kappa shape index (κ3) is 1.65. The number of rotatable bonds is 0. The molecule has 0 aliphatic heterocycles. The molecule has 1 aromatic carbocycles. The molecule has 0 spiro atoms. The topological polar surface area (TPSA) is 23.8 Å². The minimum absolute atomic E-state index is 0.0622. The molecule has 0 saturated carbocycles. The summed E-state index contributed by atoms with van der Waals surface area (Å²) in [6.45, 7) is 0. The Morgan fingerprint density at radius 3 is 2.73 bits per heavy atom. The van der Waals surface area contributed by atoms with Crippen LogP contribution in [0.15, 0.2) is 17.0 Å². The molecule has 0 heterocycles. The molecule has 0 fully saturated rings. The van der Waals surface area contributed by atoms with Gasteiger partial charge in [-0.25, -0.2) is 4.39 Å². The Morgan fingerprint density at radius 1 is 1.55 bits per heavy atom. The van der Waals surface area contributed by atoms with Gasteiger partial charge in [-0.15, -0.1) is 12.6 Å². The Kier molecular flexibility index (Phi) is 2.73. The second-order valence-corrected chi connectivity index (χ2v) is 3.43. The van der Waals surface area contributed by atoms with E-state index in [1.165, 1.54) is 6.07 Å². The highest BCUT2D eigenvalue weighted by Gasteiger charge is 2.07. The quantitative estimate of drug-likeness (QED) is 0.572. The van der Waals surface area contributed by atoms with Gasteiger partial charge in [0.1, 0.15) is 6.07 Å². The van der Waals surface area contributed by atoms with Gasteiger partial charge in [-0.1, -0.05) is 0 Å². The first kappa shape index (κ1) is 8.81. The zero-order chi connectivity index (χ0) is 8.43. The first-order valence-electron chi connectivity index (χ1n) is 2.74. The molecule has 0 aromatic heterocycles. The van der Waals surface area contributed by atoms with Crippen molar-refractivity contribution in [3.05, 3.63) is 27.1 Å². The summed E-state index contributed by atoms with van der Waals surface area (Å²) in [6.07, 6.45) is 0. The van der Waals surface area contributed by atoms with Crippen LogP contribution in [0.3, 0.4) is 0 Å². The Balaban J connectivity index is 3.40. The first-order chi connectivity index (χ1) is 5.16. The standard InChI is InChI=1S/C7H3FINS/c8-6-4(3-10)1-2-5(11)7(6)9/h1-2,11H. The van der Waals surface area contributed by atoms with Gasteiger partial charge >= 0.3 is 0 Å². The predicted molar refractivity (Wildman–Crippen MR) is 51.1 cm³/mol. The zero-order valence-electron chi connectivity index (χ0n) is 5.31. The van der Waals surface area contributed by atoms with Crippen molar-refractivity contribution in [2.24, 2.45) is 0 Å². The third-order valence-corrected chi connectivity index (χ3v) is 3.04. The third-order valence-electron chi connectivity index (χ3n) is 1.18. The van der Waals surface area contributed by atoms with Crippen LogP contribution in [0, 0.1) is 20.7 Å². The molecule has 0 radical (unpaired) electrons. The van der Waals surface area contributed by atoms with Gasteiger partial charge in [-0.2, -0.15) is 5.26 Å². The van der Waals surface area contributed by atoms with Crippen LogP contribution in [-0.2, 0) is 0 Å². The Morgan fingerprint density at radius 2 is 2.18 bits per heavy atom. The Bertz CT molecular complexity index is 332. The van der Waals surface area contributed by atoms with Crippen LogP contribution in [0.25, 0.3) is 0 Å². The second-order valence-electron chi connectivity index (χ2n) is 1.87. The molecule has 0 aliphatic carbocycles. The lowest BCUT2D eigenvalue weighted by atomic mass is 10.2. The van der Waals surface area contributed by atoms with E-state index < -0.39 is 5.82 Å². The molecule has 56 valence electrons. The number of thiol groups is 1. The lowest BCUT2D eigenvalue weighted by Crippen LogP contribution is -1.88. The van der Waals surface area contributed by atoms with E-state index in [1.807, 2.05) is 22.6 Å². The predicted octanol–water partition coefficient (Wildman–Crippen LogP) is 2.59. The first-order valence-corrected chi connectivity index (χ1v) is 4.26. The molecule has 0 N–H and O–H groups in total. The van der Waals surface area contributed by atoms with E-state index in [9.17, 15) is 4.39 Å². The van der Waals surface area contributed by atoms with Gasteiger partial charge in [0, 0.05) is 4.90 Å². The highest BCUT2D eigenvalue weighted by molar-refractivity contribution is 14.1. The summed E-state index contributed by atoms with van der Waals surface area (Å²) < 4.78 is 13.4. The normalized spacial score (nSPS) is 9.27. The van der Waals surface area contributed by atoms with Crippen molar-refractivity contribution in [2.45, 2.75) is 4.90 Å². The van der Waals surface area contributed by atoms with Crippen molar-refractivity contribution in [3.63, 3.8) is 0 Å². The van der Waals surface area contributed by atoms with Crippen LogP contribution in [-0.4, -0.2) is 0 Å². The van der Waals surface area contributed by atoms with Crippen LogP contribution >= 0.6 is 35.2 Å². The van der Waals surface area contributed by atoms with Crippen molar-refractivity contribution in [2.75, 3.05) is 0 Å². The molecular weight excluding hydrogens is 276 g/mol. The van der Waals surface area contributed by atoms with E-state index in [2.05, 4.69) is 12.6 Å². The molecule has 1 aromatic rings. The van der Waals surface area contributed by atoms with Gasteiger partial charge in [0.05, 0.1) is 9.13 Å². The van der Waals surface area contributed by atoms with Gasteiger partial charge in [0.2, 0.25) is 0 Å². The maximum atomic E-state index is 13.0. The van der Waals surface area contributed by atoms with E-state index >= 15 is 0 Å². The molecule has 1 rings (SSSR count). The zero-order valence-corrected chi connectivity index (χ0v) is 8.36. The molecule has 4 heteroatoms. The maximum Gasteiger partial charge on any atom is 0.155 e. The largest absolute Gasteiger partial charge is 0.204 e. The fourth-order valence-corrected chi connectivity index (χ4v) is 1.27. The van der Waals surface area contributed by atoms with Crippen LogP contribution < -0.4 is 0 Å². The van der Waals surface area contributed by atoms with Crippen molar-refractivity contribution < 1.29 is 4.39 Å². The molecular formula is C7H3FINS. The summed E-state index contributed by atoms with van der Waals surface area (Å²) in [7, 11) is 0. The summed E-state index contributed by atoms with van der Waals surface area (Å²) in [4.78, 5) is 0.558. The number of benzene rings is 1. The van der Waals surface area contributed by atoms with Crippen LogP contribution in [0.5, 0.6) is 0 Å². The minimum Gasteiger partial charge on any atom is -0.204 e. The summed E-state index contributed by atoms with van der Waals surface area (Å²) in [5.74, 6) is -0.486. The number of nitrogens with zero attached hydrogens (tertiary/aromatic N) is 1. The van der Waals surface area contributed by atoms with Crippen molar-refractivity contribution in [1.29, 1.82) is 5.26 Å². The fraction of sp³-hybridized carbons (Fsp3) is 0. The van der Waals surface area contributed by atoms with Crippen molar-refractivity contribution in [3.8, 4) is 6.07 Å². The molecule has 0 amide bonds. The monoisotopic (exact) mass is 279 g/mol. The van der Waals surface area contributed by atoms with Gasteiger partial charge in [0.25, 0.3) is 0 Å². The second kappa shape index (κ2) is 3.41. The summed E-state index contributed by atoms with van der Waals surface area (Å²) in [5.41, 5.74) is 0.0622. The van der Waals surface area contributed by atoms with Gasteiger partial charge in [-0.05, 0) is 34.7 Å². The SMILES string of the molecule is N#Cc1ccc(S)c(I)c1F. The molecule has 0 saturated heterocycles. The number of hydrogen-bond donors (Lipinski definition) is 1. The van der Waals surface area contributed by atoms with E-state index in [-0.39, 0.29) is 5.56 Å². The van der Waals surface area contributed by atoms with Crippen molar-refractivity contribution >= 4 is 35.2 Å². The molecule has 0 unspecified atom stereocenters. The van der Waals surface area contributed by atoms with Crippen molar-refractivity contribution in [1.82, 2.24) is 0 Å². The fourth-order valence-electron chi connectivity index (χ4n) is 0.626. The number of hydrogen-bond acceptors (Lipinski definition) is 2. The smallest absolute Gasteiger partial charge is 0.155 e. The number of nitriles is 1. The highest BCUT2D eigenvalue weighted by atomic mass is 127. The summed E-state index contributed by atoms with van der Waals surface area (Å²) in [5, 5.41) is 8.42. The molecule has 0 aliphatic rings. The Hall–Kier alpha value is -0.280. The average molecular weight is 279 g/mol. The molecule has 11 heavy (non-hydrogen) atoms. The maximum absolute atomic E-state index is 13.0. The van der Waals surface area contributed by atoms with Gasteiger partial charge in [0.15, 0.2) is 5.82 Å². The minimum atomic E-state index is -0.486. The van der Waals surface area contributed by atoms with E-state index in [0.29, 0.717) is 8.47 Å². The highest BCUT2D eigenvalue weighted by Crippen LogP contribution is 2.21. The Labute approximate surface area is 82.8 Å². The van der Waals surface area contributed by atoms with E-state index in [1.54, 1.807) is 12.1 Å². The van der Waals surface area contributed by atoms with E-state index in [0.717, 1.165) is 0 Å². The number of halogens is 2.